The molecule has 0 saturated heterocycles. The van der Waals surface area contributed by atoms with E-state index in [0.717, 1.165) is 25.7 Å². The number of hydrogen-bond acceptors (Lipinski definition) is 3. The smallest absolute Gasteiger partial charge is 0.264 e. The van der Waals surface area contributed by atoms with Gasteiger partial charge >= 0.3 is 0 Å². The molecule has 5 nitrogen and oxygen atoms in total. The lowest BCUT2D eigenvalue weighted by Crippen LogP contribution is -2.39. The van der Waals surface area contributed by atoms with Crippen molar-refractivity contribution in [3.05, 3.63) is 24.1 Å². The van der Waals surface area contributed by atoms with Crippen molar-refractivity contribution in [3.8, 4) is 0 Å². The van der Waals surface area contributed by atoms with Gasteiger partial charge in [0.25, 0.3) is 10.0 Å². The molecule has 1 heterocycles. The average Bonchev–Trinajstić information content (AvgIpc) is 2.98. The molecule has 1 aliphatic carbocycles. The highest BCUT2D eigenvalue weighted by molar-refractivity contribution is 7.89. The van der Waals surface area contributed by atoms with Gasteiger partial charge in [0.15, 0.2) is 0 Å². The normalized spacial score (nSPS) is 17.2. The molecule has 1 saturated carbocycles. The van der Waals surface area contributed by atoms with Gasteiger partial charge < -0.3 is 4.57 Å². The first kappa shape index (κ1) is 14.6. The average molecular weight is 304 g/mol. The molecule has 2 rings (SSSR count). The molecule has 0 aromatic carbocycles. The topological polar surface area (TPSA) is 55.2 Å². The number of aryl methyl sites for hydroxylation is 1. The van der Waals surface area contributed by atoms with Crippen LogP contribution in [0.2, 0.25) is 5.15 Å². The van der Waals surface area contributed by atoms with Crippen molar-refractivity contribution in [2.75, 3.05) is 6.54 Å². The van der Waals surface area contributed by atoms with E-state index in [0.29, 0.717) is 6.54 Å². The predicted octanol–water partition coefficient (Wildman–Crippen LogP) is 2.19. The molecule has 0 amide bonds. The molecule has 0 atom stereocenters. The molecule has 19 heavy (non-hydrogen) atoms. The highest BCUT2D eigenvalue weighted by Gasteiger charge is 2.35. The molecule has 0 unspecified atom stereocenters. The molecule has 0 bridgehead atoms. The third-order valence-electron chi connectivity index (χ3n) is 3.43. The summed E-state index contributed by atoms with van der Waals surface area (Å²) in [6.07, 6.45) is 6.91. The molecule has 1 aromatic rings. The standard InChI is InChI=1S/C12H18ClN3O2S/c1-3-8-16(10-6-4-5-7-10)19(17,18)12-11(13)15(2)9-14-12/h3,9-10H,1,4-8H2,2H3. The van der Waals surface area contributed by atoms with Gasteiger partial charge in [0, 0.05) is 19.6 Å². The lowest BCUT2D eigenvalue weighted by atomic mass is 10.2. The highest BCUT2D eigenvalue weighted by atomic mass is 35.5. The van der Waals surface area contributed by atoms with E-state index >= 15 is 0 Å². The van der Waals surface area contributed by atoms with Crippen molar-refractivity contribution in [1.29, 1.82) is 0 Å². The molecule has 1 fully saturated rings. The first-order valence-electron chi connectivity index (χ1n) is 6.28. The van der Waals surface area contributed by atoms with Crippen molar-refractivity contribution in [1.82, 2.24) is 13.9 Å². The second-order valence-corrected chi connectivity index (χ2v) is 6.92. The first-order chi connectivity index (χ1) is 8.98. The van der Waals surface area contributed by atoms with Crippen LogP contribution in [0.3, 0.4) is 0 Å². The van der Waals surface area contributed by atoms with Crippen LogP contribution in [0.25, 0.3) is 0 Å². The maximum Gasteiger partial charge on any atom is 0.264 e. The number of hydrogen-bond donors (Lipinski definition) is 0. The van der Waals surface area contributed by atoms with Crippen LogP contribution in [0.15, 0.2) is 24.0 Å². The lowest BCUT2D eigenvalue weighted by molar-refractivity contribution is 0.346. The Kier molecular flexibility index (Phi) is 4.32. The number of nitrogens with zero attached hydrogens (tertiary/aromatic N) is 3. The summed E-state index contributed by atoms with van der Waals surface area (Å²) >= 11 is 6.01. The number of imidazole rings is 1. The Bertz CT molecular complexity index is 562. The van der Waals surface area contributed by atoms with Gasteiger partial charge in [-0.05, 0) is 12.8 Å². The summed E-state index contributed by atoms with van der Waals surface area (Å²) < 4.78 is 28.3. The minimum Gasteiger partial charge on any atom is -0.324 e. The Morgan fingerprint density at radius 1 is 1.58 bits per heavy atom. The fraction of sp³-hybridized carbons (Fsp3) is 0.583. The van der Waals surface area contributed by atoms with Gasteiger partial charge in [-0.2, -0.15) is 4.31 Å². The Hall–Kier alpha value is -0.850. The summed E-state index contributed by atoms with van der Waals surface area (Å²) in [5.74, 6) is 0. The SMILES string of the molecule is C=CCN(C1CCCC1)S(=O)(=O)c1ncn(C)c1Cl. The van der Waals surface area contributed by atoms with Crippen LogP contribution in [0, 0.1) is 0 Å². The van der Waals surface area contributed by atoms with Crippen LogP contribution in [0.4, 0.5) is 0 Å². The van der Waals surface area contributed by atoms with E-state index < -0.39 is 10.0 Å². The lowest BCUT2D eigenvalue weighted by Gasteiger charge is -2.26. The second-order valence-electron chi connectivity index (χ2n) is 4.75. The van der Waals surface area contributed by atoms with Gasteiger partial charge in [-0.15, -0.1) is 6.58 Å². The molecular formula is C12H18ClN3O2S. The quantitative estimate of drug-likeness (QED) is 0.784. The molecule has 0 spiro atoms. The molecule has 7 heteroatoms. The highest BCUT2D eigenvalue weighted by Crippen LogP contribution is 2.30. The zero-order valence-corrected chi connectivity index (χ0v) is 12.5. The van der Waals surface area contributed by atoms with Crippen LogP contribution in [-0.2, 0) is 17.1 Å². The van der Waals surface area contributed by atoms with Crippen molar-refractivity contribution >= 4 is 21.6 Å². The van der Waals surface area contributed by atoms with Crippen LogP contribution < -0.4 is 0 Å². The zero-order valence-electron chi connectivity index (χ0n) is 10.9. The Labute approximate surface area is 118 Å². The molecule has 1 aliphatic rings. The molecular weight excluding hydrogens is 286 g/mol. The summed E-state index contributed by atoms with van der Waals surface area (Å²) in [5.41, 5.74) is 0. The van der Waals surface area contributed by atoms with Crippen molar-refractivity contribution < 1.29 is 8.42 Å². The van der Waals surface area contributed by atoms with E-state index in [9.17, 15) is 8.42 Å². The molecule has 1 aromatic heterocycles. The van der Waals surface area contributed by atoms with E-state index in [1.165, 1.54) is 15.2 Å². The largest absolute Gasteiger partial charge is 0.324 e. The Balaban J connectivity index is 2.39. The summed E-state index contributed by atoms with van der Waals surface area (Å²) in [5, 5.41) is 0.0810. The van der Waals surface area contributed by atoms with Gasteiger partial charge in [-0.25, -0.2) is 13.4 Å². The minimum absolute atomic E-state index is 0.0288. The fourth-order valence-electron chi connectivity index (χ4n) is 2.44. The maximum atomic E-state index is 12.7. The number of rotatable bonds is 5. The van der Waals surface area contributed by atoms with E-state index in [2.05, 4.69) is 11.6 Å². The zero-order chi connectivity index (χ0) is 14.0. The number of sulfonamides is 1. The van der Waals surface area contributed by atoms with Crippen molar-refractivity contribution in [3.63, 3.8) is 0 Å². The van der Waals surface area contributed by atoms with Crippen LogP contribution in [-0.4, -0.2) is 34.9 Å². The molecule has 0 radical (unpaired) electrons. The van der Waals surface area contributed by atoms with Gasteiger partial charge in [-0.1, -0.05) is 30.5 Å². The third kappa shape index (κ3) is 2.70. The van der Waals surface area contributed by atoms with E-state index in [4.69, 9.17) is 11.6 Å². The summed E-state index contributed by atoms with van der Waals surface area (Å²) in [6, 6.07) is 0.0288. The van der Waals surface area contributed by atoms with Crippen LogP contribution in [0.5, 0.6) is 0 Å². The third-order valence-corrected chi connectivity index (χ3v) is 5.84. The Morgan fingerprint density at radius 3 is 2.68 bits per heavy atom. The van der Waals surface area contributed by atoms with Gasteiger partial charge in [0.1, 0.15) is 5.15 Å². The second kappa shape index (κ2) is 5.64. The fourth-order valence-corrected chi connectivity index (χ4v) is 4.49. The molecule has 106 valence electrons. The van der Waals surface area contributed by atoms with Crippen LogP contribution in [0.1, 0.15) is 25.7 Å². The minimum atomic E-state index is -3.66. The number of halogens is 1. The number of aromatic nitrogens is 2. The van der Waals surface area contributed by atoms with Crippen molar-refractivity contribution in [2.45, 2.75) is 36.8 Å². The maximum absolute atomic E-state index is 12.7. The van der Waals surface area contributed by atoms with Gasteiger partial charge in [-0.3, -0.25) is 0 Å². The summed E-state index contributed by atoms with van der Waals surface area (Å²) in [6.45, 7) is 3.93. The van der Waals surface area contributed by atoms with Gasteiger partial charge in [0.2, 0.25) is 5.03 Å². The van der Waals surface area contributed by atoms with E-state index in [1.54, 1.807) is 13.1 Å². The summed E-state index contributed by atoms with van der Waals surface area (Å²) in [4.78, 5) is 3.93. The van der Waals surface area contributed by atoms with E-state index in [-0.39, 0.29) is 16.2 Å². The van der Waals surface area contributed by atoms with Gasteiger partial charge in [0.05, 0.1) is 6.33 Å². The monoisotopic (exact) mass is 303 g/mol. The van der Waals surface area contributed by atoms with E-state index in [1.807, 2.05) is 0 Å². The Morgan fingerprint density at radius 2 is 2.21 bits per heavy atom. The first-order valence-corrected chi connectivity index (χ1v) is 8.10. The van der Waals surface area contributed by atoms with Crippen LogP contribution >= 0.6 is 11.6 Å². The van der Waals surface area contributed by atoms with Crippen molar-refractivity contribution in [2.24, 2.45) is 7.05 Å². The molecule has 0 N–H and O–H groups in total. The predicted molar refractivity (Wildman–Crippen MR) is 74.6 cm³/mol. The summed E-state index contributed by atoms with van der Waals surface area (Å²) in [7, 11) is -1.99. The molecule has 0 aliphatic heterocycles.